The fourth-order valence-corrected chi connectivity index (χ4v) is 2.32. The Morgan fingerprint density at radius 3 is 2.71 bits per heavy atom. The van der Waals surface area contributed by atoms with Gasteiger partial charge < -0.3 is 10.6 Å². The van der Waals surface area contributed by atoms with Crippen LogP contribution in [0.4, 0.5) is 15.8 Å². The molecule has 21 heavy (non-hydrogen) atoms. The first-order chi connectivity index (χ1) is 10.1. The fraction of sp³-hybridized carbons (Fsp3) is 0.133. The van der Waals surface area contributed by atoms with Crippen molar-refractivity contribution in [3.05, 3.63) is 57.8 Å². The lowest BCUT2D eigenvalue weighted by Gasteiger charge is -2.09. The number of carbonyl (C=O) groups excluding carboxylic acids is 1. The van der Waals surface area contributed by atoms with Crippen LogP contribution in [0.5, 0.6) is 0 Å². The van der Waals surface area contributed by atoms with Crippen LogP contribution in [-0.2, 0) is 4.79 Å². The second-order valence-corrected chi connectivity index (χ2v) is 5.60. The van der Waals surface area contributed by atoms with E-state index in [1.165, 1.54) is 18.2 Å². The van der Waals surface area contributed by atoms with Gasteiger partial charge in [-0.1, -0.05) is 23.7 Å². The van der Waals surface area contributed by atoms with Crippen LogP contribution in [0, 0.1) is 5.82 Å². The number of rotatable bonds is 5. The van der Waals surface area contributed by atoms with Gasteiger partial charge in [-0.2, -0.15) is 0 Å². The molecule has 0 heterocycles. The Kier molecular flexibility index (Phi) is 5.59. The Hall–Kier alpha value is -1.59. The molecular weight excluding hydrogens is 359 g/mol. The average Bonchev–Trinajstić information content (AvgIpc) is 2.45. The lowest BCUT2D eigenvalue weighted by molar-refractivity contribution is -0.115. The molecule has 0 aliphatic heterocycles. The third kappa shape index (κ3) is 4.72. The number of hydrogen-bond donors (Lipinski definition) is 2. The van der Waals surface area contributed by atoms with E-state index in [1.54, 1.807) is 0 Å². The van der Waals surface area contributed by atoms with E-state index in [4.69, 9.17) is 11.6 Å². The predicted octanol–water partition coefficient (Wildman–Crippen LogP) is 4.68. The molecule has 0 radical (unpaired) electrons. The maximum atomic E-state index is 13.0. The van der Waals surface area contributed by atoms with Crippen molar-refractivity contribution in [1.82, 2.24) is 0 Å². The molecule has 0 aliphatic carbocycles. The molecule has 2 rings (SSSR count). The Morgan fingerprint density at radius 2 is 2.00 bits per heavy atom. The molecule has 0 spiro atoms. The van der Waals surface area contributed by atoms with Crippen molar-refractivity contribution in [2.75, 3.05) is 17.2 Å². The average molecular weight is 372 g/mol. The van der Waals surface area contributed by atoms with Crippen molar-refractivity contribution >= 4 is 44.8 Å². The number of hydrogen-bond acceptors (Lipinski definition) is 2. The van der Waals surface area contributed by atoms with Crippen LogP contribution < -0.4 is 10.6 Å². The quantitative estimate of drug-likeness (QED) is 0.801. The summed E-state index contributed by atoms with van der Waals surface area (Å²) in [5, 5.41) is 5.81. The molecule has 2 aromatic rings. The Morgan fingerprint density at radius 1 is 1.24 bits per heavy atom. The summed E-state index contributed by atoms with van der Waals surface area (Å²) in [5.74, 6) is -0.678. The molecule has 110 valence electrons. The maximum absolute atomic E-state index is 13.0. The van der Waals surface area contributed by atoms with E-state index in [0.717, 1.165) is 10.2 Å². The number of halogens is 3. The standard InChI is InChI=1S/C15H13BrClFN2O/c16-11-3-1-2-4-14(11)19-8-7-15(21)20-10-5-6-13(18)12(17)9-10/h1-6,9,19H,7-8H2,(H,20,21). The molecule has 2 N–H and O–H groups in total. The summed E-state index contributed by atoms with van der Waals surface area (Å²) in [6, 6.07) is 11.7. The lowest BCUT2D eigenvalue weighted by atomic mass is 10.3. The minimum Gasteiger partial charge on any atom is -0.384 e. The summed E-state index contributed by atoms with van der Waals surface area (Å²) in [6.45, 7) is 0.489. The predicted molar refractivity (Wildman–Crippen MR) is 87.3 cm³/mol. The summed E-state index contributed by atoms with van der Waals surface area (Å²) >= 11 is 9.07. The molecule has 0 bridgehead atoms. The Labute approximate surface area is 135 Å². The molecule has 0 unspecified atom stereocenters. The first-order valence-electron chi connectivity index (χ1n) is 6.29. The van der Waals surface area contributed by atoms with Crippen LogP contribution in [-0.4, -0.2) is 12.5 Å². The summed E-state index contributed by atoms with van der Waals surface area (Å²) in [4.78, 5) is 11.8. The van der Waals surface area contributed by atoms with E-state index in [0.29, 0.717) is 12.2 Å². The van der Waals surface area contributed by atoms with Crippen molar-refractivity contribution in [3.8, 4) is 0 Å². The zero-order chi connectivity index (χ0) is 15.2. The van der Waals surface area contributed by atoms with Gasteiger partial charge in [0.2, 0.25) is 5.91 Å². The number of amides is 1. The lowest BCUT2D eigenvalue weighted by Crippen LogP contribution is -2.16. The van der Waals surface area contributed by atoms with Gasteiger partial charge in [-0.05, 0) is 46.3 Å². The molecule has 6 heteroatoms. The van der Waals surface area contributed by atoms with Crippen LogP contribution in [0.2, 0.25) is 5.02 Å². The van der Waals surface area contributed by atoms with Crippen molar-refractivity contribution in [3.63, 3.8) is 0 Å². The van der Waals surface area contributed by atoms with Gasteiger partial charge >= 0.3 is 0 Å². The molecule has 0 atom stereocenters. The molecule has 2 aromatic carbocycles. The third-order valence-electron chi connectivity index (χ3n) is 2.74. The molecule has 0 fully saturated rings. The topological polar surface area (TPSA) is 41.1 Å². The van der Waals surface area contributed by atoms with Crippen molar-refractivity contribution < 1.29 is 9.18 Å². The highest BCUT2D eigenvalue weighted by atomic mass is 79.9. The molecule has 0 aliphatic rings. The van der Waals surface area contributed by atoms with Gasteiger partial charge in [-0.15, -0.1) is 0 Å². The maximum Gasteiger partial charge on any atom is 0.226 e. The normalized spacial score (nSPS) is 10.2. The van der Waals surface area contributed by atoms with Crippen molar-refractivity contribution in [2.45, 2.75) is 6.42 Å². The zero-order valence-electron chi connectivity index (χ0n) is 11.0. The van der Waals surface area contributed by atoms with Crippen LogP contribution in [0.1, 0.15) is 6.42 Å². The Balaban J connectivity index is 1.82. The fourth-order valence-electron chi connectivity index (χ4n) is 1.71. The minimum atomic E-state index is -0.509. The first-order valence-corrected chi connectivity index (χ1v) is 7.46. The summed E-state index contributed by atoms with van der Waals surface area (Å²) in [6.07, 6.45) is 0.288. The highest BCUT2D eigenvalue weighted by Gasteiger charge is 2.05. The number of benzene rings is 2. The molecule has 0 saturated heterocycles. The van der Waals surface area contributed by atoms with Gasteiger partial charge in [0.05, 0.1) is 5.02 Å². The van der Waals surface area contributed by atoms with E-state index >= 15 is 0 Å². The highest BCUT2D eigenvalue weighted by Crippen LogP contribution is 2.21. The monoisotopic (exact) mass is 370 g/mol. The first kappa shape index (κ1) is 15.8. The highest BCUT2D eigenvalue weighted by molar-refractivity contribution is 9.10. The number of nitrogens with one attached hydrogen (secondary N) is 2. The smallest absolute Gasteiger partial charge is 0.226 e. The van der Waals surface area contributed by atoms with E-state index in [9.17, 15) is 9.18 Å². The molecule has 3 nitrogen and oxygen atoms in total. The Bertz CT molecular complexity index is 651. The van der Waals surface area contributed by atoms with Crippen LogP contribution in [0.25, 0.3) is 0 Å². The van der Waals surface area contributed by atoms with E-state index in [1.807, 2.05) is 24.3 Å². The molecule has 0 aromatic heterocycles. The second-order valence-electron chi connectivity index (χ2n) is 4.33. The van der Waals surface area contributed by atoms with Gasteiger partial charge in [0.15, 0.2) is 0 Å². The number of para-hydroxylation sites is 1. The molecular formula is C15H13BrClFN2O. The van der Waals surface area contributed by atoms with E-state index in [-0.39, 0.29) is 17.4 Å². The SMILES string of the molecule is O=C(CCNc1ccccc1Br)Nc1ccc(F)c(Cl)c1. The third-order valence-corrected chi connectivity index (χ3v) is 3.73. The molecule has 1 amide bonds. The van der Waals surface area contributed by atoms with Gasteiger partial charge in [-0.25, -0.2) is 4.39 Å². The number of carbonyl (C=O) groups is 1. The van der Waals surface area contributed by atoms with Gasteiger partial charge in [0.25, 0.3) is 0 Å². The summed E-state index contributed by atoms with van der Waals surface area (Å²) < 4.78 is 13.9. The minimum absolute atomic E-state index is 0.0147. The summed E-state index contributed by atoms with van der Waals surface area (Å²) in [5.41, 5.74) is 1.41. The van der Waals surface area contributed by atoms with Crippen molar-refractivity contribution in [1.29, 1.82) is 0 Å². The second kappa shape index (κ2) is 7.43. The van der Waals surface area contributed by atoms with Gasteiger partial charge in [0.1, 0.15) is 5.82 Å². The van der Waals surface area contributed by atoms with Gasteiger partial charge in [0, 0.05) is 28.8 Å². The van der Waals surface area contributed by atoms with E-state index < -0.39 is 5.82 Å². The summed E-state index contributed by atoms with van der Waals surface area (Å²) in [7, 11) is 0. The van der Waals surface area contributed by atoms with Crippen LogP contribution in [0.15, 0.2) is 46.9 Å². The number of anilines is 2. The van der Waals surface area contributed by atoms with Crippen LogP contribution >= 0.6 is 27.5 Å². The zero-order valence-corrected chi connectivity index (χ0v) is 13.3. The molecule has 0 saturated carbocycles. The van der Waals surface area contributed by atoms with Crippen LogP contribution in [0.3, 0.4) is 0 Å². The largest absolute Gasteiger partial charge is 0.384 e. The van der Waals surface area contributed by atoms with E-state index in [2.05, 4.69) is 26.6 Å². The van der Waals surface area contributed by atoms with Crippen molar-refractivity contribution in [2.24, 2.45) is 0 Å². The van der Waals surface area contributed by atoms with Gasteiger partial charge in [-0.3, -0.25) is 4.79 Å².